The van der Waals surface area contributed by atoms with E-state index in [2.05, 4.69) is 121 Å². The van der Waals surface area contributed by atoms with Crippen molar-refractivity contribution in [3.05, 3.63) is 137 Å². The van der Waals surface area contributed by atoms with Gasteiger partial charge in [-0.1, -0.05) is 109 Å². The Morgan fingerprint density at radius 3 is 2.06 bits per heavy atom. The van der Waals surface area contributed by atoms with Crippen molar-refractivity contribution in [2.45, 2.75) is 31.8 Å². The van der Waals surface area contributed by atoms with Crippen molar-refractivity contribution in [3.8, 4) is 0 Å². The highest BCUT2D eigenvalue weighted by Crippen LogP contribution is 2.27. The van der Waals surface area contributed by atoms with Gasteiger partial charge < -0.3 is 5.32 Å². The van der Waals surface area contributed by atoms with Crippen LogP contribution in [0.15, 0.2) is 115 Å². The van der Waals surface area contributed by atoms with E-state index in [0.717, 1.165) is 18.0 Å². The average molecular weight is 476 g/mol. The zero-order valence-electron chi connectivity index (χ0n) is 20.0. The Morgan fingerprint density at radius 1 is 0.714 bits per heavy atom. The van der Waals surface area contributed by atoms with Gasteiger partial charge in [0.2, 0.25) is 0 Å². The Kier molecular flexibility index (Phi) is 7.28. The van der Waals surface area contributed by atoms with Gasteiger partial charge in [0.25, 0.3) is 0 Å². The molecule has 2 atom stereocenters. The average Bonchev–Trinajstić information content (AvgIpc) is 2.90. The summed E-state index contributed by atoms with van der Waals surface area (Å²) in [5, 5.41) is 9.67. The first kappa shape index (κ1) is 23.4. The van der Waals surface area contributed by atoms with E-state index >= 15 is 0 Å². The number of rotatable bonds is 8. The monoisotopic (exact) mass is 475 g/mol. The molecule has 0 aromatic heterocycles. The molecule has 35 heavy (non-hydrogen) atoms. The summed E-state index contributed by atoms with van der Waals surface area (Å²) >= 11 is 6.19. The molecular weight excluding hydrogens is 446 g/mol. The van der Waals surface area contributed by atoms with Crippen LogP contribution in [0, 0.1) is 0 Å². The molecule has 2 heteroatoms. The molecule has 0 aliphatic carbocycles. The zero-order valence-corrected chi connectivity index (χ0v) is 20.7. The van der Waals surface area contributed by atoms with E-state index in [-0.39, 0.29) is 0 Å². The molecule has 1 nitrogen and oxygen atoms in total. The van der Waals surface area contributed by atoms with E-state index in [1.165, 1.54) is 38.2 Å². The molecule has 0 saturated heterocycles. The van der Waals surface area contributed by atoms with Crippen molar-refractivity contribution in [1.29, 1.82) is 0 Å². The Bertz CT molecular complexity index is 1450. The minimum Gasteiger partial charge on any atom is -0.310 e. The van der Waals surface area contributed by atoms with Crippen LogP contribution < -0.4 is 5.32 Å². The van der Waals surface area contributed by atoms with Gasteiger partial charge in [-0.25, -0.2) is 0 Å². The molecule has 1 N–H and O–H groups in total. The first-order valence-corrected chi connectivity index (χ1v) is 12.7. The molecule has 0 heterocycles. The third-order valence-electron chi connectivity index (χ3n) is 6.82. The summed E-state index contributed by atoms with van der Waals surface area (Å²) < 4.78 is 0. The Balaban J connectivity index is 1.31. The molecule has 0 aliphatic heterocycles. The van der Waals surface area contributed by atoms with Gasteiger partial charge in [-0.2, -0.15) is 0 Å². The summed E-state index contributed by atoms with van der Waals surface area (Å²) in [5.74, 6) is 0.337. The molecule has 5 rings (SSSR count). The summed E-state index contributed by atoms with van der Waals surface area (Å²) in [6.45, 7) is 3.12. The van der Waals surface area contributed by atoms with Gasteiger partial charge in [0.15, 0.2) is 0 Å². The summed E-state index contributed by atoms with van der Waals surface area (Å²) in [6.07, 6.45) is 5.49. The maximum atomic E-state index is 6.19. The van der Waals surface area contributed by atoms with Gasteiger partial charge in [0, 0.05) is 23.5 Å². The van der Waals surface area contributed by atoms with Crippen LogP contribution >= 0.6 is 11.6 Å². The fraction of sp³-hybridized carbons (Fsp3) is 0.152. The van der Waals surface area contributed by atoms with E-state index in [9.17, 15) is 0 Å². The van der Waals surface area contributed by atoms with E-state index in [4.69, 9.17) is 11.6 Å². The molecule has 174 valence electrons. The third kappa shape index (κ3) is 5.82. The topological polar surface area (TPSA) is 12.0 Å². The highest BCUT2D eigenvalue weighted by atomic mass is 35.5. The molecule has 5 aromatic carbocycles. The predicted octanol–water partition coefficient (Wildman–Crippen LogP) is 9.01. The van der Waals surface area contributed by atoms with Crippen LogP contribution in [0.4, 0.5) is 0 Å². The molecular formula is C33H30ClN. The fourth-order valence-electron chi connectivity index (χ4n) is 4.77. The van der Waals surface area contributed by atoms with Crippen molar-refractivity contribution in [3.63, 3.8) is 0 Å². The highest BCUT2D eigenvalue weighted by molar-refractivity contribution is 6.30. The van der Waals surface area contributed by atoms with Crippen molar-refractivity contribution in [1.82, 2.24) is 5.32 Å². The Hall–Kier alpha value is -3.39. The van der Waals surface area contributed by atoms with Gasteiger partial charge in [0.1, 0.15) is 0 Å². The minimum absolute atomic E-state index is 0.295. The van der Waals surface area contributed by atoms with Gasteiger partial charge >= 0.3 is 0 Å². The largest absolute Gasteiger partial charge is 0.310 e. The maximum Gasteiger partial charge on any atom is 0.0406 e. The normalized spacial score (nSPS) is 13.4. The van der Waals surface area contributed by atoms with E-state index in [1.54, 1.807) is 0 Å². The van der Waals surface area contributed by atoms with Gasteiger partial charge in [-0.05, 0) is 75.8 Å². The zero-order chi connectivity index (χ0) is 24.0. The molecule has 0 fully saturated rings. The third-order valence-corrected chi connectivity index (χ3v) is 7.07. The molecule has 0 radical (unpaired) electrons. The lowest BCUT2D eigenvalue weighted by atomic mass is 9.88. The fourth-order valence-corrected chi connectivity index (χ4v) is 4.90. The van der Waals surface area contributed by atoms with Crippen LogP contribution in [-0.4, -0.2) is 6.04 Å². The SMILES string of the molecule is C[C@@H](NCc1ccc2ccccc2c1)[C@H](CC=Cc1ccc2ccccc2c1)c1ccc(Cl)cc1. The molecule has 0 unspecified atom stereocenters. The van der Waals surface area contributed by atoms with Gasteiger partial charge in [0.05, 0.1) is 0 Å². The maximum absolute atomic E-state index is 6.19. The summed E-state index contributed by atoms with van der Waals surface area (Å²) in [7, 11) is 0. The minimum atomic E-state index is 0.295. The second-order valence-electron chi connectivity index (χ2n) is 9.25. The van der Waals surface area contributed by atoms with Gasteiger partial charge in [-0.3, -0.25) is 0 Å². The summed E-state index contributed by atoms with van der Waals surface area (Å²) in [4.78, 5) is 0. The quantitative estimate of drug-likeness (QED) is 0.236. The van der Waals surface area contributed by atoms with E-state index in [1.807, 2.05) is 12.1 Å². The van der Waals surface area contributed by atoms with Crippen molar-refractivity contribution < 1.29 is 0 Å². The smallest absolute Gasteiger partial charge is 0.0406 e. The van der Waals surface area contributed by atoms with Crippen LogP contribution in [-0.2, 0) is 6.54 Å². The van der Waals surface area contributed by atoms with Crippen molar-refractivity contribution in [2.24, 2.45) is 0 Å². The predicted molar refractivity (Wildman–Crippen MR) is 152 cm³/mol. The Labute approximate surface area is 213 Å². The number of hydrogen-bond donors (Lipinski definition) is 1. The van der Waals surface area contributed by atoms with Crippen LogP contribution in [0.5, 0.6) is 0 Å². The standard InChI is InChI=1S/C33H30ClN/c1-24(35-23-26-14-16-28-9-3-5-11-31(28)22-26)33(29-17-19-32(34)20-18-29)12-6-7-25-13-15-27-8-2-4-10-30(27)21-25/h2-11,13-22,24,33,35H,12,23H2,1H3/t24-,33+/m1/s1. The number of halogens is 1. The molecule has 0 aliphatic rings. The number of allylic oxidation sites excluding steroid dienone is 1. The highest BCUT2D eigenvalue weighted by Gasteiger charge is 2.18. The van der Waals surface area contributed by atoms with E-state index < -0.39 is 0 Å². The number of nitrogens with one attached hydrogen (secondary N) is 1. The van der Waals surface area contributed by atoms with E-state index in [0.29, 0.717) is 12.0 Å². The molecule has 0 spiro atoms. The number of fused-ring (bicyclic) bond motifs is 2. The van der Waals surface area contributed by atoms with Crippen LogP contribution in [0.25, 0.3) is 27.6 Å². The lowest BCUT2D eigenvalue weighted by molar-refractivity contribution is 0.460. The number of hydrogen-bond acceptors (Lipinski definition) is 1. The van der Waals surface area contributed by atoms with Crippen LogP contribution in [0.1, 0.15) is 36.0 Å². The molecule has 0 saturated carbocycles. The van der Waals surface area contributed by atoms with Crippen LogP contribution in [0.3, 0.4) is 0 Å². The lowest BCUT2D eigenvalue weighted by Gasteiger charge is -2.25. The second kappa shape index (κ2) is 10.9. The summed E-state index contributed by atoms with van der Waals surface area (Å²) in [5.41, 5.74) is 3.84. The first-order chi connectivity index (χ1) is 17.2. The van der Waals surface area contributed by atoms with Crippen molar-refractivity contribution in [2.75, 3.05) is 0 Å². The molecule has 0 amide bonds. The van der Waals surface area contributed by atoms with Gasteiger partial charge in [-0.15, -0.1) is 0 Å². The Morgan fingerprint density at radius 2 is 1.34 bits per heavy atom. The first-order valence-electron chi connectivity index (χ1n) is 12.3. The second-order valence-corrected chi connectivity index (χ2v) is 9.69. The summed E-state index contributed by atoms with van der Waals surface area (Å²) in [6, 6.07) is 39.0. The molecule has 5 aromatic rings. The number of benzene rings is 5. The van der Waals surface area contributed by atoms with Crippen LogP contribution in [0.2, 0.25) is 5.02 Å². The molecule has 0 bridgehead atoms. The van der Waals surface area contributed by atoms with Crippen molar-refractivity contribution >= 4 is 39.2 Å². The lowest BCUT2D eigenvalue weighted by Crippen LogP contribution is -2.31.